The van der Waals surface area contributed by atoms with Gasteiger partial charge in [-0.25, -0.2) is 0 Å². The molecule has 40 heteroatoms. The predicted molar refractivity (Wildman–Crippen MR) is 437 cm³/mol. The Kier molecular flexibility index (Phi) is 47.8. The van der Waals surface area contributed by atoms with E-state index < -0.39 is 52.7 Å². The number of hydrogen-bond donors (Lipinski definition) is 0. The minimum Gasteiger partial charge on any atom is -0.380 e. The van der Waals surface area contributed by atoms with Crippen molar-refractivity contribution >= 4 is 93.5 Å². The zero-order valence-corrected chi connectivity index (χ0v) is 73.0. The molecule has 0 atom stereocenters. The fraction of sp³-hybridized carbons (Fsp3) is 0.704. The van der Waals surface area contributed by atoms with Crippen LogP contribution in [0.4, 0.5) is 0 Å². The fourth-order valence-electron chi connectivity index (χ4n) is 12.0. The maximum absolute atomic E-state index is 13.7. The molecule has 0 spiro atoms. The van der Waals surface area contributed by atoms with Crippen molar-refractivity contribution in [3.05, 3.63) is 47.6 Å². The molecule has 0 bridgehead atoms. The van der Waals surface area contributed by atoms with Gasteiger partial charge in [0.1, 0.15) is 23.1 Å². The maximum Gasteiger partial charge on any atom is 0.242 e. The summed E-state index contributed by atoms with van der Waals surface area (Å²) in [7, 11) is 11.6. The van der Waals surface area contributed by atoms with Gasteiger partial charge in [-0.15, -0.1) is 20.4 Å². The molecule has 0 aromatic carbocycles. The second-order valence-corrected chi connectivity index (χ2v) is 31.4. The molecule has 0 aliphatic rings. The monoisotopic (exact) mass is 1700 g/mol. The summed E-state index contributed by atoms with van der Waals surface area (Å²) in [5, 5.41) is 32.7. The van der Waals surface area contributed by atoms with Crippen molar-refractivity contribution in [2.45, 2.75) is 208 Å². The lowest BCUT2D eigenvalue weighted by atomic mass is 9.92. The molecule has 672 valence electrons. The number of aromatic nitrogens is 12. The SMILES string of the molecule is CC(=O)CCc1cn(CCCCC(=O)CN(C)C(=O)CN(C)C(=O)CCOCC(COCCC(=O)N(C)CC(=O)N(C)CC(=O)CCCCn2cc(CCC(C)=O)nn2)(COCCC(=O)N(C)CC(=O)N(C)CC(=O)CCCCn2cc(CCC(C)=O)nn2)COCCC(=O)N(C)CC(=O)N(C)CC(=O)CCCCn2cc(CCC(C)=O)nn2)nn1. The number of hydrogen-bond acceptors (Lipinski definition) is 28. The number of rotatable bonds is 68. The van der Waals surface area contributed by atoms with Gasteiger partial charge in [-0.3, -0.25) is 76.3 Å². The number of carbonyl (C=O) groups excluding carboxylic acids is 16. The van der Waals surface area contributed by atoms with Gasteiger partial charge in [-0.05, 0) is 105 Å². The normalized spacial score (nSPS) is 11.3. The van der Waals surface area contributed by atoms with Crippen LogP contribution < -0.4 is 0 Å². The number of nitrogens with zero attached hydrogens (tertiary/aromatic N) is 20. The number of Topliss-reactive ketones (excluding diaryl/α,β-unsaturated/α-hetero) is 8. The number of carbonyl (C=O) groups is 16. The van der Waals surface area contributed by atoms with E-state index in [-0.39, 0.29) is 203 Å². The number of aryl methyl sites for hydroxylation is 8. The summed E-state index contributed by atoms with van der Waals surface area (Å²) < 4.78 is 31.5. The third kappa shape index (κ3) is 44.1. The second kappa shape index (κ2) is 56.2. The van der Waals surface area contributed by atoms with Gasteiger partial charge in [-0.1, -0.05) is 20.9 Å². The van der Waals surface area contributed by atoms with Crippen molar-refractivity contribution in [3.63, 3.8) is 0 Å². The molecule has 0 unspecified atom stereocenters. The van der Waals surface area contributed by atoms with E-state index in [0.29, 0.717) is 152 Å². The van der Waals surface area contributed by atoms with Crippen LogP contribution in [0.15, 0.2) is 24.8 Å². The summed E-state index contributed by atoms with van der Waals surface area (Å²) in [6.45, 7) is 3.87. The highest BCUT2D eigenvalue weighted by molar-refractivity contribution is 5.92. The van der Waals surface area contributed by atoms with Gasteiger partial charge >= 0.3 is 0 Å². The molecule has 4 rings (SSSR count). The first-order valence-electron chi connectivity index (χ1n) is 41.3. The zero-order chi connectivity index (χ0) is 89.4. The Morgan fingerprint density at radius 3 is 0.645 bits per heavy atom. The molecular formula is C81H128N20O20. The lowest BCUT2D eigenvalue weighted by Gasteiger charge is -2.33. The largest absolute Gasteiger partial charge is 0.380 e. The van der Waals surface area contributed by atoms with E-state index in [2.05, 4.69) is 41.2 Å². The standard InChI is InChI=1S/C81H128N20O20/c1-61(102)25-29-65-45-98(86-82-65)37-17-13-21-69(106)49-90(5)77(114)53-94(9)73(110)33-41-118-57-81(58-119-42-34-74(111)95(10)54-78(115)91(6)50-70(107)22-14-18-38-99-46-66(83-87-99)30-26-62(2)103,59-120-43-35-75(112)96(11)55-79(116)92(7)51-71(108)23-15-19-39-100-47-67(84-88-100)31-27-63(3)104)60-121-44-36-76(113)97(12)56-80(117)93(8)52-72(109)24-16-20-40-101-48-68(85-89-101)32-28-64(4)105/h45-48H,13-44,49-60H2,1-12H3. The Morgan fingerprint density at radius 2 is 0.455 bits per heavy atom. The van der Waals surface area contributed by atoms with Gasteiger partial charge in [0.2, 0.25) is 47.3 Å². The van der Waals surface area contributed by atoms with Gasteiger partial charge in [0.15, 0.2) is 23.1 Å². The minimum atomic E-state index is -1.35. The van der Waals surface area contributed by atoms with Gasteiger partial charge in [0, 0.05) is 159 Å². The number of likely N-dealkylation sites (N-methyl/N-ethyl adjacent to an activating group) is 8. The molecule has 40 nitrogen and oxygen atoms in total. The van der Waals surface area contributed by atoms with Crippen molar-refractivity contribution in [1.82, 2.24) is 99.2 Å². The van der Waals surface area contributed by atoms with Crippen LogP contribution in [-0.4, -0.2) is 354 Å². The summed E-state index contributed by atoms with van der Waals surface area (Å²) in [6.07, 6.45) is 14.8. The first kappa shape index (κ1) is 103. The quantitative estimate of drug-likeness (QED) is 0.0565. The second-order valence-electron chi connectivity index (χ2n) is 31.4. The first-order valence-corrected chi connectivity index (χ1v) is 41.3. The molecule has 0 saturated heterocycles. The third-order valence-corrected chi connectivity index (χ3v) is 19.7. The smallest absolute Gasteiger partial charge is 0.242 e. The number of unbranched alkanes of at least 4 members (excludes halogenated alkanes) is 4. The highest BCUT2D eigenvalue weighted by atomic mass is 16.5. The molecule has 0 N–H and O–H groups in total. The van der Waals surface area contributed by atoms with Crippen molar-refractivity contribution in [2.24, 2.45) is 5.41 Å². The molecule has 0 aliphatic carbocycles. The maximum atomic E-state index is 13.7. The molecule has 8 amide bonds. The lowest BCUT2D eigenvalue weighted by Crippen LogP contribution is -2.44. The highest BCUT2D eigenvalue weighted by Crippen LogP contribution is 2.23. The van der Waals surface area contributed by atoms with E-state index >= 15 is 0 Å². The van der Waals surface area contributed by atoms with Crippen molar-refractivity contribution < 1.29 is 95.7 Å². The molecule has 4 heterocycles. The summed E-state index contributed by atoms with van der Waals surface area (Å²) in [5.74, 6) is -4.50. The van der Waals surface area contributed by atoms with Crippen LogP contribution in [0.3, 0.4) is 0 Å². The first-order chi connectivity index (χ1) is 57.5. The van der Waals surface area contributed by atoms with E-state index in [1.807, 2.05) is 0 Å². The van der Waals surface area contributed by atoms with Gasteiger partial charge in [-0.2, -0.15) is 0 Å². The van der Waals surface area contributed by atoms with E-state index in [1.54, 1.807) is 43.5 Å². The van der Waals surface area contributed by atoms with Crippen LogP contribution in [0.25, 0.3) is 0 Å². The highest BCUT2D eigenvalue weighted by Gasteiger charge is 2.34. The van der Waals surface area contributed by atoms with Crippen molar-refractivity contribution in [1.29, 1.82) is 0 Å². The topological polar surface area (TPSA) is 459 Å². The third-order valence-electron chi connectivity index (χ3n) is 19.7. The molecule has 4 aromatic rings. The van der Waals surface area contributed by atoms with Crippen molar-refractivity contribution in [3.8, 4) is 0 Å². The number of ketones is 8. The summed E-state index contributed by atoms with van der Waals surface area (Å²) in [6, 6.07) is 0. The summed E-state index contributed by atoms with van der Waals surface area (Å²) in [5.41, 5.74) is 1.44. The van der Waals surface area contributed by atoms with Gasteiger partial charge in [0.25, 0.3) is 0 Å². The molecular weight excluding hydrogens is 1570 g/mol. The van der Waals surface area contributed by atoms with Crippen LogP contribution in [0, 0.1) is 5.41 Å². The van der Waals surface area contributed by atoms with Crippen molar-refractivity contribution in [2.75, 3.05) is 162 Å². The number of amides is 8. The molecule has 121 heavy (non-hydrogen) atoms. The van der Waals surface area contributed by atoms with E-state index in [9.17, 15) is 76.7 Å². The zero-order valence-electron chi connectivity index (χ0n) is 73.0. The van der Waals surface area contributed by atoms with Crippen LogP contribution >= 0.6 is 0 Å². The Bertz CT molecular complexity index is 3520. The molecule has 4 aromatic heterocycles. The average Bonchev–Trinajstić information content (AvgIpc) is 1.85. The Labute approximate surface area is 708 Å². The average molecular weight is 1700 g/mol. The number of ether oxygens (including phenoxy) is 4. The van der Waals surface area contributed by atoms with Crippen LogP contribution in [0.1, 0.15) is 179 Å². The fourth-order valence-corrected chi connectivity index (χ4v) is 12.0. The Balaban J connectivity index is 1.43. The Hall–Kier alpha value is -10.5. The molecule has 0 saturated carbocycles. The van der Waals surface area contributed by atoms with E-state index in [1.165, 1.54) is 123 Å². The molecule has 0 aliphatic heterocycles. The summed E-state index contributed by atoms with van der Waals surface area (Å²) in [4.78, 5) is 215. The summed E-state index contributed by atoms with van der Waals surface area (Å²) >= 11 is 0. The van der Waals surface area contributed by atoms with Crippen LogP contribution in [-0.2, 0) is 148 Å². The van der Waals surface area contributed by atoms with E-state index in [0.717, 1.165) is 0 Å². The van der Waals surface area contributed by atoms with Crippen LogP contribution in [0.2, 0.25) is 0 Å². The molecule has 0 radical (unpaired) electrons. The van der Waals surface area contributed by atoms with E-state index in [4.69, 9.17) is 18.9 Å². The predicted octanol–water partition coefficient (Wildman–Crippen LogP) is 1.48. The van der Waals surface area contributed by atoms with Crippen LogP contribution in [0.5, 0.6) is 0 Å². The Morgan fingerprint density at radius 1 is 0.264 bits per heavy atom. The lowest BCUT2D eigenvalue weighted by molar-refractivity contribution is -0.143. The minimum absolute atomic E-state index is 0.0487. The van der Waals surface area contributed by atoms with Gasteiger partial charge in [0.05, 0.1) is 159 Å². The molecule has 0 fully saturated rings. The van der Waals surface area contributed by atoms with Gasteiger partial charge < -0.3 is 77.3 Å².